The summed E-state index contributed by atoms with van der Waals surface area (Å²) in [6.07, 6.45) is 1.37. The predicted molar refractivity (Wildman–Crippen MR) is 71.7 cm³/mol. The molecule has 3 nitrogen and oxygen atoms in total. The van der Waals surface area contributed by atoms with Crippen LogP contribution in [0.25, 0.3) is 22.3 Å². The van der Waals surface area contributed by atoms with E-state index in [2.05, 4.69) is 5.16 Å². The van der Waals surface area contributed by atoms with Gasteiger partial charge in [-0.2, -0.15) is 0 Å². The highest BCUT2D eigenvalue weighted by Gasteiger charge is 2.16. The summed E-state index contributed by atoms with van der Waals surface area (Å²) in [5.74, 6) is -1.77. The van der Waals surface area contributed by atoms with E-state index in [9.17, 15) is 8.78 Å². The third-order valence-electron chi connectivity index (χ3n) is 3.02. The number of anilines is 1. The molecule has 0 atom stereocenters. The summed E-state index contributed by atoms with van der Waals surface area (Å²) in [4.78, 5) is 0. The molecule has 3 rings (SSSR count). The zero-order chi connectivity index (χ0) is 14.1. The van der Waals surface area contributed by atoms with Gasteiger partial charge in [-0.25, -0.2) is 8.78 Å². The van der Waals surface area contributed by atoms with Crippen molar-refractivity contribution >= 4 is 5.88 Å². The maximum Gasteiger partial charge on any atom is 0.229 e. The molecular weight excluding hydrogens is 262 g/mol. The number of nitrogen functional groups attached to an aromatic ring is 1. The van der Waals surface area contributed by atoms with E-state index < -0.39 is 11.6 Å². The van der Waals surface area contributed by atoms with E-state index in [0.717, 1.165) is 6.07 Å². The number of rotatable bonds is 2. The molecule has 0 bridgehead atoms. The first-order chi connectivity index (χ1) is 9.66. The van der Waals surface area contributed by atoms with Gasteiger partial charge in [0.05, 0.1) is 11.8 Å². The number of hydrogen-bond donors (Lipinski definition) is 1. The summed E-state index contributed by atoms with van der Waals surface area (Å²) in [6.45, 7) is 0. The molecule has 0 saturated carbocycles. The van der Waals surface area contributed by atoms with Crippen LogP contribution in [0.2, 0.25) is 0 Å². The molecule has 0 aliphatic rings. The topological polar surface area (TPSA) is 52.0 Å². The molecule has 2 aromatic carbocycles. The van der Waals surface area contributed by atoms with Crippen LogP contribution >= 0.6 is 0 Å². The predicted octanol–water partition coefficient (Wildman–Crippen LogP) is 3.87. The van der Waals surface area contributed by atoms with E-state index in [0.29, 0.717) is 16.7 Å². The van der Waals surface area contributed by atoms with E-state index in [1.165, 1.54) is 12.3 Å². The largest absolute Gasteiger partial charge is 0.367 e. The Bertz CT molecular complexity index is 754. The smallest absolute Gasteiger partial charge is 0.229 e. The number of nitrogens with zero attached hydrogens (tertiary/aromatic N) is 1. The zero-order valence-electron chi connectivity index (χ0n) is 10.3. The molecule has 0 radical (unpaired) electrons. The maximum atomic E-state index is 14.0. The van der Waals surface area contributed by atoms with Gasteiger partial charge in [0.2, 0.25) is 5.88 Å². The highest BCUT2D eigenvalue weighted by atomic mass is 19.2. The second-order valence-corrected chi connectivity index (χ2v) is 4.29. The summed E-state index contributed by atoms with van der Waals surface area (Å²) < 4.78 is 32.5. The van der Waals surface area contributed by atoms with Gasteiger partial charge in [0, 0.05) is 5.56 Å². The van der Waals surface area contributed by atoms with Gasteiger partial charge >= 0.3 is 0 Å². The Morgan fingerprint density at radius 1 is 0.950 bits per heavy atom. The van der Waals surface area contributed by atoms with Crippen LogP contribution in [0, 0.1) is 11.6 Å². The molecule has 100 valence electrons. The van der Waals surface area contributed by atoms with Crippen LogP contribution in [0.5, 0.6) is 0 Å². The van der Waals surface area contributed by atoms with Gasteiger partial charge < -0.3 is 10.3 Å². The van der Waals surface area contributed by atoms with Gasteiger partial charge in [-0.15, -0.1) is 0 Å². The van der Waals surface area contributed by atoms with E-state index >= 15 is 0 Å². The molecule has 20 heavy (non-hydrogen) atoms. The van der Waals surface area contributed by atoms with Crippen LogP contribution in [0.15, 0.2) is 53.2 Å². The van der Waals surface area contributed by atoms with Crippen LogP contribution in [-0.2, 0) is 0 Å². The van der Waals surface area contributed by atoms with Gasteiger partial charge in [-0.05, 0) is 23.3 Å². The highest BCUT2D eigenvalue weighted by Crippen LogP contribution is 2.32. The van der Waals surface area contributed by atoms with Crippen LogP contribution in [-0.4, -0.2) is 5.16 Å². The first-order valence-corrected chi connectivity index (χ1v) is 5.92. The summed E-state index contributed by atoms with van der Waals surface area (Å²) in [7, 11) is 0. The Balaban J connectivity index is 2.21. The molecule has 0 spiro atoms. The second kappa shape index (κ2) is 4.77. The van der Waals surface area contributed by atoms with E-state index in [1.807, 2.05) is 0 Å². The summed E-state index contributed by atoms with van der Waals surface area (Å²) in [5.41, 5.74) is 7.21. The van der Waals surface area contributed by atoms with Crippen LogP contribution in [0.1, 0.15) is 0 Å². The minimum atomic E-state index is -0.943. The number of benzene rings is 2. The lowest BCUT2D eigenvalue weighted by Crippen LogP contribution is -1.93. The van der Waals surface area contributed by atoms with Crippen LogP contribution < -0.4 is 5.73 Å². The van der Waals surface area contributed by atoms with Gasteiger partial charge in [-0.1, -0.05) is 35.5 Å². The molecule has 0 amide bonds. The Morgan fingerprint density at radius 3 is 2.35 bits per heavy atom. The molecule has 5 heteroatoms. The first-order valence-electron chi connectivity index (χ1n) is 5.92. The number of halogens is 2. The monoisotopic (exact) mass is 272 g/mol. The molecule has 1 heterocycles. The van der Waals surface area contributed by atoms with Crippen molar-refractivity contribution in [3.8, 4) is 22.3 Å². The van der Waals surface area contributed by atoms with Crippen molar-refractivity contribution in [3.63, 3.8) is 0 Å². The maximum absolute atomic E-state index is 14.0. The lowest BCUT2D eigenvalue weighted by molar-refractivity contribution is 0.436. The fourth-order valence-electron chi connectivity index (χ4n) is 2.04. The first kappa shape index (κ1) is 12.3. The lowest BCUT2D eigenvalue weighted by Gasteiger charge is -2.07. The van der Waals surface area contributed by atoms with Crippen molar-refractivity contribution < 1.29 is 13.3 Å². The van der Waals surface area contributed by atoms with Crippen molar-refractivity contribution in [2.75, 3.05) is 5.73 Å². The fourth-order valence-corrected chi connectivity index (χ4v) is 2.04. The van der Waals surface area contributed by atoms with Gasteiger partial charge in [-0.3, -0.25) is 0 Å². The molecule has 1 aromatic heterocycles. The minimum absolute atomic E-state index is 0.0648. The lowest BCUT2D eigenvalue weighted by atomic mass is 9.99. The number of hydrogen-bond acceptors (Lipinski definition) is 3. The normalized spacial score (nSPS) is 10.7. The SMILES string of the molecule is Nc1oncc1-c1cc(F)c(F)c(-c2ccccc2)c1. The zero-order valence-corrected chi connectivity index (χ0v) is 10.3. The average Bonchev–Trinajstić information content (AvgIpc) is 2.89. The van der Waals surface area contributed by atoms with Crippen molar-refractivity contribution in [1.82, 2.24) is 5.16 Å². The van der Waals surface area contributed by atoms with Crippen molar-refractivity contribution in [1.29, 1.82) is 0 Å². The van der Waals surface area contributed by atoms with Crippen molar-refractivity contribution in [2.45, 2.75) is 0 Å². The Morgan fingerprint density at radius 2 is 1.70 bits per heavy atom. The molecule has 3 aromatic rings. The Hall–Kier alpha value is -2.69. The van der Waals surface area contributed by atoms with E-state index in [4.69, 9.17) is 10.3 Å². The second-order valence-electron chi connectivity index (χ2n) is 4.29. The number of aromatic nitrogens is 1. The number of nitrogens with two attached hydrogens (primary N) is 1. The Labute approximate surface area is 113 Å². The molecule has 0 aliphatic carbocycles. The molecular formula is C15H10F2N2O. The molecule has 0 aliphatic heterocycles. The fraction of sp³-hybridized carbons (Fsp3) is 0. The average molecular weight is 272 g/mol. The minimum Gasteiger partial charge on any atom is -0.367 e. The summed E-state index contributed by atoms with van der Waals surface area (Å²) >= 11 is 0. The molecule has 0 fully saturated rings. The van der Waals surface area contributed by atoms with Crippen LogP contribution in [0.3, 0.4) is 0 Å². The molecule has 0 unspecified atom stereocenters. The highest BCUT2D eigenvalue weighted by molar-refractivity contribution is 5.77. The van der Waals surface area contributed by atoms with Crippen LogP contribution in [0.4, 0.5) is 14.7 Å². The molecule has 2 N–H and O–H groups in total. The third-order valence-corrected chi connectivity index (χ3v) is 3.02. The molecule has 0 saturated heterocycles. The summed E-state index contributed by atoms with van der Waals surface area (Å²) in [6, 6.07) is 11.3. The Kier molecular flexibility index (Phi) is 2.95. The van der Waals surface area contributed by atoms with E-state index in [-0.39, 0.29) is 11.4 Å². The van der Waals surface area contributed by atoms with E-state index in [1.54, 1.807) is 30.3 Å². The standard InChI is InChI=1S/C15H10F2N2O/c16-13-7-10(12-8-19-20-15(12)18)6-11(14(13)17)9-4-2-1-3-5-9/h1-8H,18H2. The third kappa shape index (κ3) is 2.03. The quantitative estimate of drug-likeness (QED) is 0.770. The van der Waals surface area contributed by atoms with Gasteiger partial charge in [0.1, 0.15) is 0 Å². The van der Waals surface area contributed by atoms with Gasteiger partial charge in [0.15, 0.2) is 11.6 Å². The van der Waals surface area contributed by atoms with Crippen molar-refractivity contribution in [2.24, 2.45) is 0 Å². The van der Waals surface area contributed by atoms with Crippen molar-refractivity contribution in [3.05, 3.63) is 60.3 Å². The summed E-state index contributed by atoms with van der Waals surface area (Å²) in [5, 5.41) is 3.54. The van der Waals surface area contributed by atoms with Gasteiger partial charge in [0.25, 0.3) is 0 Å².